The van der Waals surface area contributed by atoms with Crippen LogP contribution in [0.1, 0.15) is 5.69 Å². The van der Waals surface area contributed by atoms with Crippen molar-refractivity contribution in [2.24, 2.45) is 0 Å². The first-order chi connectivity index (χ1) is 3.39. The fraction of sp³-hybridized carbons (Fsp3) is 0.250. The van der Waals surface area contributed by atoms with E-state index < -0.39 is 0 Å². The highest BCUT2D eigenvalue weighted by atomic mass is 35.5. The van der Waals surface area contributed by atoms with Gasteiger partial charge in [0.25, 0.3) is 0 Å². The maximum Gasteiger partial charge on any atom is 0.0633 e. The molecule has 0 spiro atoms. The molecule has 0 aliphatic carbocycles. The molecule has 0 bridgehead atoms. The maximum absolute atomic E-state index is 3.62. The van der Waals surface area contributed by atoms with E-state index in [1.165, 1.54) is 0 Å². The van der Waals surface area contributed by atoms with Crippen LogP contribution in [0, 0.1) is 6.92 Å². The lowest BCUT2D eigenvalue weighted by atomic mass is 10.5. The Labute approximate surface area is 65.7 Å². The van der Waals surface area contributed by atoms with Crippen LogP contribution in [0.15, 0.2) is 12.3 Å². The van der Waals surface area contributed by atoms with Crippen molar-refractivity contribution >= 4 is 24.8 Å². The normalized spacial score (nSPS) is 6.78. The van der Waals surface area contributed by atoms with Gasteiger partial charge < -0.3 is 0 Å². The number of nitrogens with zero attached hydrogens (tertiary/aromatic N) is 3. The average Bonchev–Trinajstić information content (AvgIpc) is 1.69. The summed E-state index contributed by atoms with van der Waals surface area (Å²) in [6.45, 7) is 1.87. The summed E-state index contributed by atoms with van der Waals surface area (Å²) in [7, 11) is 0. The van der Waals surface area contributed by atoms with E-state index >= 15 is 0 Å². The molecule has 5 heteroatoms. The summed E-state index contributed by atoms with van der Waals surface area (Å²) < 4.78 is 0. The van der Waals surface area contributed by atoms with E-state index in [0.717, 1.165) is 5.69 Å². The van der Waals surface area contributed by atoms with Gasteiger partial charge in [0.2, 0.25) is 0 Å². The van der Waals surface area contributed by atoms with Crippen LogP contribution in [-0.4, -0.2) is 15.4 Å². The molecular weight excluding hydrogens is 161 g/mol. The Hall–Kier alpha value is -0.410. The van der Waals surface area contributed by atoms with Gasteiger partial charge in [-0.15, -0.1) is 35.0 Å². The zero-order valence-corrected chi connectivity index (χ0v) is 6.45. The van der Waals surface area contributed by atoms with E-state index in [-0.39, 0.29) is 24.8 Å². The highest BCUT2D eigenvalue weighted by molar-refractivity contribution is 5.85. The predicted molar refractivity (Wildman–Crippen MR) is 39.1 cm³/mol. The van der Waals surface area contributed by atoms with Crippen LogP contribution in [0.5, 0.6) is 0 Å². The fourth-order valence-electron chi connectivity index (χ4n) is 0.301. The van der Waals surface area contributed by atoms with Crippen molar-refractivity contribution in [1.29, 1.82) is 0 Å². The average molecular weight is 168 g/mol. The van der Waals surface area contributed by atoms with E-state index in [1.54, 1.807) is 12.3 Å². The van der Waals surface area contributed by atoms with E-state index in [1.807, 2.05) is 6.92 Å². The summed E-state index contributed by atoms with van der Waals surface area (Å²) in [4.78, 5) is 0. The number of hydrogen-bond acceptors (Lipinski definition) is 3. The molecule has 1 heterocycles. The Morgan fingerprint density at radius 2 is 2.00 bits per heavy atom. The maximum atomic E-state index is 3.62. The highest BCUT2D eigenvalue weighted by Gasteiger charge is 1.76. The van der Waals surface area contributed by atoms with Crippen LogP contribution in [0.4, 0.5) is 0 Å². The molecular formula is C4H7Cl2N3. The van der Waals surface area contributed by atoms with Gasteiger partial charge in [-0.2, -0.15) is 0 Å². The molecule has 0 radical (unpaired) electrons. The first kappa shape index (κ1) is 11.4. The third kappa shape index (κ3) is 4.12. The number of aryl methyl sites for hydroxylation is 1. The summed E-state index contributed by atoms with van der Waals surface area (Å²) in [6.07, 6.45) is 1.61. The zero-order valence-electron chi connectivity index (χ0n) is 4.81. The van der Waals surface area contributed by atoms with Crippen molar-refractivity contribution in [2.45, 2.75) is 6.92 Å². The van der Waals surface area contributed by atoms with Crippen molar-refractivity contribution in [2.75, 3.05) is 0 Å². The molecule has 0 saturated carbocycles. The molecule has 1 aromatic heterocycles. The van der Waals surface area contributed by atoms with Crippen LogP contribution < -0.4 is 0 Å². The molecule has 0 saturated heterocycles. The summed E-state index contributed by atoms with van der Waals surface area (Å²) in [5.41, 5.74) is 0.898. The number of hydrogen-bond donors (Lipinski definition) is 0. The Balaban J connectivity index is 0. The summed E-state index contributed by atoms with van der Waals surface area (Å²) in [5.74, 6) is 0. The van der Waals surface area contributed by atoms with Crippen molar-refractivity contribution in [3.05, 3.63) is 18.0 Å². The van der Waals surface area contributed by atoms with E-state index in [0.29, 0.717) is 0 Å². The third-order valence-corrected chi connectivity index (χ3v) is 0.637. The zero-order chi connectivity index (χ0) is 5.11. The Bertz CT molecular complexity index is 144. The van der Waals surface area contributed by atoms with Gasteiger partial charge >= 0.3 is 0 Å². The summed E-state index contributed by atoms with van der Waals surface area (Å²) in [5, 5.41) is 10.5. The van der Waals surface area contributed by atoms with Gasteiger partial charge in [-0.1, -0.05) is 0 Å². The van der Waals surface area contributed by atoms with Gasteiger partial charge in [-0.05, 0) is 18.2 Å². The molecule has 0 aliphatic rings. The monoisotopic (exact) mass is 167 g/mol. The third-order valence-electron chi connectivity index (χ3n) is 0.637. The molecule has 0 fully saturated rings. The van der Waals surface area contributed by atoms with E-state index in [9.17, 15) is 0 Å². The molecule has 0 atom stereocenters. The summed E-state index contributed by atoms with van der Waals surface area (Å²) in [6, 6.07) is 1.80. The summed E-state index contributed by atoms with van der Waals surface area (Å²) >= 11 is 0. The lowest BCUT2D eigenvalue weighted by molar-refractivity contribution is 0.839. The van der Waals surface area contributed by atoms with Crippen molar-refractivity contribution in [3.63, 3.8) is 0 Å². The minimum atomic E-state index is 0. The van der Waals surface area contributed by atoms with Crippen LogP contribution >= 0.6 is 24.8 Å². The predicted octanol–water partition coefficient (Wildman–Crippen LogP) is 1.02. The van der Waals surface area contributed by atoms with Gasteiger partial charge in [0, 0.05) is 0 Å². The topological polar surface area (TPSA) is 38.7 Å². The molecule has 0 amide bonds. The Morgan fingerprint density at radius 1 is 1.33 bits per heavy atom. The fourth-order valence-corrected chi connectivity index (χ4v) is 0.301. The quantitative estimate of drug-likeness (QED) is 0.580. The standard InChI is InChI=1S/C4H5N3.2ClH/c1-4-2-3-5-7-6-4;;/h2-3H,1H3;2*1H. The molecule has 0 unspecified atom stereocenters. The van der Waals surface area contributed by atoms with E-state index in [4.69, 9.17) is 0 Å². The SMILES string of the molecule is Cc1ccnnn1.Cl.Cl. The van der Waals surface area contributed by atoms with Gasteiger partial charge in [0.05, 0.1) is 11.9 Å². The first-order valence-electron chi connectivity index (χ1n) is 2.00. The lowest BCUT2D eigenvalue weighted by Crippen LogP contribution is -1.85. The second kappa shape index (κ2) is 5.72. The van der Waals surface area contributed by atoms with Crippen molar-refractivity contribution in [1.82, 2.24) is 15.4 Å². The van der Waals surface area contributed by atoms with Crippen LogP contribution in [0.3, 0.4) is 0 Å². The molecule has 1 rings (SSSR count). The molecule has 3 nitrogen and oxygen atoms in total. The number of rotatable bonds is 0. The van der Waals surface area contributed by atoms with Crippen LogP contribution in [0.25, 0.3) is 0 Å². The smallest absolute Gasteiger partial charge is 0.0633 e. The molecule has 0 aromatic carbocycles. The van der Waals surface area contributed by atoms with Gasteiger partial charge in [0.1, 0.15) is 0 Å². The van der Waals surface area contributed by atoms with Crippen molar-refractivity contribution < 1.29 is 0 Å². The van der Waals surface area contributed by atoms with Gasteiger partial charge in [0.15, 0.2) is 0 Å². The second-order valence-electron chi connectivity index (χ2n) is 1.26. The van der Waals surface area contributed by atoms with Gasteiger partial charge in [-0.3, -0.25) is 0 Å². The van der Waals surface area contributed by atoms with Gasteiger partial charge in [-0.25, -0.2) is 0 Å². The van der Waals surface area contributed by atoms with Crippen LogP contribution in [-0.2, 0) is 0 Å². The lowest BCUT2D eigenvalue weighted by Gasteiger charge is -1.79. The molecule has 0 N–H and O–H groups in total. The highest BCUT2D eigenvalue weighted by Crippen LogP contribution is 1.79. The largest absolute Gasteiger partial charge is 0.147 e. The first-order valence-corrected chi connectivity index (χ1v) is 2.00. The number of halogens is 2. The van der Waals surface area contributed by atoms with Crippen molar-refractivity contribution in [3.8, 4) is 0 Å². The molecule has 1 aromatic rings. The number of aromatic nitrogens is 3. The van der Waals surface area contributed by atoms with E-state index in [2.05, 4.69) is 15.4 Å². The van der Waals surface area contributed by atoms with Crippen LogP contribution in [0.2, 0.25) is 0 Å². The molecule has 52 valence electrons. The second-order valence-corrected chi connectivity index (χ2v) is 1.26. The Morgan fingerprint density at radius 3 is 2.22 bits per heavy atom. The minimum Gasteiger partial charge on any atom is -0.147 e. The molecule has 0 aliphatic heterocycles. The Kier molecular flexibility index (Phi) is 7.24. The molecule has 9 heavy (non-hydrogen) atoms. The minimum absolute atomic E-state index is 0.